The highest BCUT2D eigenvalue weighted by Gasteiger charge is 2.50. The first-order valence-corrected chi connectivity index (χ1v) is 5.81. The van der Waals surface area contributed by atoms with Crippen molar-refractivity contribution < 1.29 is 24.2 Å². The number of esters is 1. The lowest BCUT2D eigenvalue weighted by atomic mass is 10.1. The van der Waals surface area contributed by atoms with Crippen LogP contribution in [0.5, 0.6) is 0 Å². The molecule has 0 aromatic carbocycles. The van der Waals surface area contributed by atoms with Crippen LogP contribution in [0.4, 0.5) is 4.79 Å². The third-order valence-electron chi connectivity index (χ3n) is 3.09. The fourth-order valence-electron chi connectivity index (χ4n) is 1.55. The Hall–Kier alpha value is -1.79. The average molecular weight is 258 g/mol. The molecule has 1 aliphatic rings. The van der Waals surface area contributed by atoms with Crippen molar-refractivity contribution in [1.82, 2.24) is 10.6 Å². The fourth-order valence-corrected chi connectivity index (χ4v) is 1.55. The molecule has 1 rings (SSSR count). The van der Waals surface area contributed by atoms with Crippen LogP contribution in [0.3, 0.4) is 0 Å². The second-order valence-corrected chi connectivity index (χ2v) is 4.40. The van der Waals surface area contributed by atoms with Crippen LogP contribution in [0.2, 0.25) is 0 Å². The summed E-state index contributed by atoms with van der Waals surface area (Å²) >= 11 is 0. The number of rotatable bonds is 6. The lowest BCUT2D eigenvalue weighted by Gasteiger charge is -2.16. The Morgan fingerprint density at radius 1 is 1.39 bits per heavy atom. The van der Waals surface area contributed by atoms with Crippen molar-refractivity contribution in [3.63, 3.8) is 0 Å². The van der Waals surface area contributed by atoms with Crippen molar-refractivity contribution in [2.75, 3.05) is 13.7 Å². The number of aliphatic carboxylic acids is 1. The molecule has 1 saturated carbocycles. The zero-order valence-electron chi connectivity index (χ0n) is 10.5. The van der Waals surface area contributed by atoms with E-state index >= 15 is 0 Å². The second-order valence-electron chi connectivity index (χ2n) is 4.40. The van der Waals surface area contributed by atoms with Crippen molar-refractivity contribution >= 4 is 18.0 Å². The predicted molar refractivity (Wildman–Crippen MR) is 61.9 cm³/mol. The number of urea groups is 1. The minimum Gasteiger partial charge on any atom is -0.481 e. The monoisotopic (exact) mass is 258 g/mol. The number of carboxylic acids is 1. The van der Waals surface area contributed by atoms with Crippen LogP contribution >= 0.6 is 0 Å². The number of nitrogens with one attached hydrogen (secondary N) is 2. The van der Waals surface area contributed by atoms with E-state index < -0.39 is 29.4 Å². The van der Waals surface area contributed by atoms with Gasteiger partial charge in [-0.1, -0.05) is 6.92 Å². The molecule has 7 heteroatoms. The molecule has 1 fully saturated rings. The molecule has 0 spiro atoms. The zero-order chi connectivity index (χ0) is 13.8. The summed E-state index contributed by atoms with van der Waals surface area (Å²) in [5, 5.41) is 13.8. The molecule has 7 nitrogen and oxygen atoms in total. The molecule has 0 aliphatic heterocycles. The first-order chi connectivity index (χ1) is 8.45. The quantitative estimate of drug-likeness (QED) is 0.586. The van der Waals surface area contributed by atoms with Gasteiger partial charge in [0, 0.05) is 6.54 Å². The van der Waals surface area contributed by atoms with Crippen molar-refractivity contribution in [3.05, 3.63) is 0 Å². The van der Waals surface area contributed by atoms with E-state index in [1.165, 1.54) is 7.11 Å². The van der Waals surface area contributed by atoms with Gasteiger partial charge >= 0.3 is 18.0 Å². The summed E-state index contributed by atoms with van der Waals surface area (Å²) in [6.07, 6.45) is 1.54. The van der Waals surface area contributed by atoms with Gasteiger partial charge < -0.3 is 20.5 Å². The Bertz CT molecular complexity index is 351. The van der Waals surface area contributed by atoms with Crippen molar-refractivity contribution in [3.8, 4) is 0 Å². The maximum absolute atomic E-state index is 11.5. The van der Waals surface area contributed by atoms with Crippen LogP contribution in [0.15, 0.2) is 0 Å². The highest BCUT2D eigenvalue weighted by molar-refractivity contribution is 5.84. The minimum atomic E-state index is -0.900. The summed E-state index contributed by atoms with van der Waals surface area (Å²) in [4.78, 5) is 33.6. The summed E-state index contributed by atoms with van der Waals surface area (Å²) < 4.78 is 4.52. The molecule has 1 atom stereocenters. The maximum atomic E-state index is 11.5. The molecule has 3 N–H and O–H groups in total. The topological polar surface area (TPSA) is 105 Å². The predicted octanol–water partition coefficient (Wildman–Crippen LogP) is 0.102. The number of methoxy groups -OCH3 is 1. The Balaban J connectivity index is 2.37. The van der Waals surface area contributed by atoms with Crippen LogP contribution in [-0.2, 0) is 14.3 Å². The molecule has 1 unspecified atom stereocenters. The van der Waals surface area contributed by atoms with Crippen molar-refractivity contribution in [2.24, 2.45) is 5.41 Å². The van der Waals surface area contributed by atoms with Gasteiger partial charge in [-0.05, 0) is 19.3 Å². The molecule has 0 bridgehead atoms. The Kier molecular flexibility index (Phi) is 4.52. The first kappa shape index (κ1) is 14.3. The largest absolute Gasteiger partial charge is 0.481 e. The Labute approximate surface area is 105 Å². The average Bonchev–Trinajstić information content (AvgIpc) is 3.13. The smallest absolute Gasteiger partial charge is 0.328 e. The summed E-state index contributed by atoms with van der Waals surface area (Å²) in [5.41, 5.74) is -0.815. The summed E-state index contributed by atoms with van der Waals surface area (Å²) in [7, 11) is 1.24. The van der Waals surface area contributed by atoms with Gasteiger partial charge in [0.05, 0.1) is 12.5 Å². The van der Waals surface area contributed by atoms with Crippen LogP contribution in [0, 0.1) is 5.41 Å². The van der Waals surface area contributed by atoms with Gasteiger partial charge in [-0.15, -0.1) is 0 Å². The fraction of sp³-hybridized carbons (Fsp3) is 0.727. The molecule has 0 aromatic heterocycles. The molecular weight excluding hydrogens is 240 g/mol. The minimum absolute atomic E-state index is 0.0752. The molecule has 2 amide bonds. The number of hydrogen-bond donors (Lipinski definition) is 3. The van der Waals surface area contributed by atoms with E-state index in [1.807, 2.05) is 0 Å². The van der Waals surface area contributed by atoms with Gasteiger partial charge in [-0.25, -0.2) is 9.59 Å². The van der Waals surface area contributed by atoms with Crippen LogP contribution in [0.1, 0.15) is 26.2 Å². The lowest BCUT2D eigenvalue weighted by Crippen LogP contribution is -2.48. The second kappa shape index (κ2) is 5.70. The van der Waals surface area contributed by atoms with Gasteiger partial charge in [-0.3, -0.25) is 4.79 Å². The first-order valence-electron chi connectivity index (χ1n) is 5.81. The molecule has 0 saturated heterocycles. The van der Waals surface area contributed by atoms with E-state index in [0.29, 0.717) is 19.3 Å². The van der Waals surface area contributed by atoms with E-state index in [-0.39, 0.29) is 6.54 Å². The third kappa shape index (κ3) is 3.35. The van der Waals surface area contributed by atoms with Crippen LogP contribution < -0.4 is 10.6 Å². The summed E-state index contributed by atoms with van der Waals surface area (Å²) in [6.45, 7) is 1.81. The van der Waals surface area contributed by atoms with E-state index in [2.05, 4.69) is 15.4 Å². The van der Waals surface area contributed by atoms with E-state index in [4.69, 9.17) is 5.11 Å². The molecule has 102 valence electrons. The number of ether oxygens (including phenoxy) is 1. The van der Waals surface area contributed by atoms with Crippen molar-refractivity contribution in [2.45, 2.75) is 32.2 Å². The number of carboxylic acid groups (broad SMARTS) is 1. The molecule has 0 aromatic rings. The van der Waals surface area contributed by atoms with Gasteiger partial charge in [0.2, 0.25) is 0 Å². The summed E-state index contributed by atoms with van der Waals surface area (Å²) in [5.74, 6) is -1.42. The maximum Gasteiger partial charge on any atom is 0.328 e. The number of carbonyl (C=O) groups is 3. The standard InChI is InChI=1S/C11H18N2O5/c1-3-7(8(14)18-2)13-10(17)12-6-11(4-5-11)9(15)16/h7H,3-6H2,1-2H3,(H,15,16)(H2,12,13,17). The van der Waals surface area contributed by atoms with Gasteiger partial charge in [0.25, 0.3) is 0 Å². The highest BCUT2D eigenvalue weighted by Crippen LogP contribution is 2.45. The van der Waals surface area contributed by atoms with Crippen molar-refractivity contribution in [1.29, 1.82) is 0 Å². The Morgan fingerprint density at radius 2 is 2.00 bits per heavy atom. The molecule has 0 heterocycles. The van der Waals surface area contributed by atoms with Gasteiger partial charge in [0.15, 0.2) is 0 Å². The zero-order valence-corrected chi connectivity index (χ0v) is 10.5. The van der Waals surface area contributed by atoms with E-state index in [1.54, 1.807) is 6.92 Å². The lowest BCUT2D eigenvalue weighted by molar-refractivity contribution is -0.144. The van der Waals surface area contributed by atoms with Crippen LogP contribution in [0.25, 0.3) is 0 Å². The number of hydrogen-bond acceptors (Lipinski definition) is 4. The SMILES string of the molecule is CCC(NC(=O)NCC1(C(=O)O)CC1)C(=O)OC. The molecule has 0 radical (unpaired) electrons. The number of amides is 2. The number of carbonyl (C=O) groups excluding carboxylic acids is 2. The van der Waals surface area contributed by atoms with Gasteiger partial charge in [-0.2, -0.15) is 0 Å². The highest BCUT2D eigenvalue weighted by atomic mass is 16.5. The van der Waals surface area contributed by atoms with E-state index in [0.717, 1.165) is 0 Å². The van der Waals surface area contributed by atoms with E-state index in [9.17, 15) is 14.4 Å². The normalized spacial score (nSPS) is 17.4. The molecule has 1 aliphatic carbocycles. The Morgan fingerprint density at radius 3 is 2.39 bits per heavy atom. The molecule has 18 heavy (non-hydrogen) atoms. The molecular formula is C11H18N2O5. The summed E-state index contributed by atoms with van der Waals surface area (Å²) in [6, 6.07) is -1.27. The van der Waals surface area contributed by atoms with Crippen LogP contribution in [-0.4, -0.2) is 42.8 Å². The van der Waals surface area contributed by atoms with Gasteiger partial charge in [0.1, 0.15) is 6.04 Å². The third-order valence-corrected chi connectivity index (χ3v) is 3.09.